The molecule has 0 atom stereocenters. The first-order valence-corrected chi connectivity index (χ1v) is 10.2. The second-order valence-corrected chi connectivity index (χ2v) is 6.90. The summed E-state index contributed by atoms with van der Waals surface area (Å²) in [7, 11) is 0. The van der Waals surface area contributed by atoms with E-state index in [0.717, 1.165) is 28.9 Å². The zero-order valence-corrected chi connectivity index (χ0v) is 17.6. The van der Waals surface area contributed by atoms with Crippen molar-refractivity contribution < 1.29 is 9.53 Å². The van der Waals surface area contributed by atoms with Gasteiger partial charge in [0, 0.05) is 30.9 Å². The number of nitrogens with zero attached hydrogens (tertiary/aromatic N) is 3. The molecule has 3 aromatic rings. The monoisotopic (exact) mass is 409 g/mol. The number of para-hydroxylation sites is 2. The minimum absolute atomic E-state index is 0.117. The van der Waals surface area contributed by atoms with E-state index < -0.39 is 11.7 Å². The third-order valence-electron chi connectivity index (χ3n) is 5.22. The molecule has 0 saturated heterocycles. The van der Waals surface area contributed by atoms with E-state index in [1.165, 1.54) is 4.57 Å². The van der Waals surface area contributed by atoms with Crippen LogP contribution in [0, 0.1) is 0 Å². The van der Waals surface area contributed by atoms with Gasteiger partial charge in [0.1, 0.15) is 13.2 Å². The number of aromatic nitrogens is 2. The van der Waals surface area contributed by atoms with Crippen LogP contribution in [-0.4, -0.2) is 28.2 Å². The lowest BCUT2D eigenvalue weighted by Gasteiger charge is -2.24. The van der Waals surface area contributed by atoms with Gasteiger partial charge in [0.2, 0.25) is 0 Å². The van der Waals surface area contributed by atoms with E-state index in [-0.39, 0.29) is 25.3 Å². The molecule has 0 saturated carbocycles. The lowest BCUT2D eigenvalue weighted by Crippen LogP contribution is -2.40. The van der Waals surface area contributed by atoms with Gasteiger partial charge in [0.15, 0.2) is 0 Å². The highest BCUT2D eigenvalue weighted by molar-refractivity contribution is 5.80. The molecule has 158 valence electrons. The number of carbonyl (C=O) groups is 1. The van der Waals surface area contributed by atoms with Crippen molar-refractivity contribution in [1.29, 1.82) is 0 Å². The zero-order valence-electron chi connectivity index (χ0n) is 17.6. The summed E-state index contributed by atoms with van der Waals surface area (Å²) >= 11 is 0. The third kappa shape index (κ3) is 4.15. The maximum atomic E-state index is 12.8. The van der Waals surface area contributed by atoms with Crippen LogP contribution in [0.2, 0.25) is 0 Å². The van der Waals surface area contributed by atoms with Crippen molar-refractivity contribution in [3.63, 3.8) is 0 Å². The Bertz CT molecular complexity index is 1160. The van der Waals surface area contributed by atoms with E-state index in [1.54, 1.807) is 31.2 Å². The summed E-state index contributed by atoms with van der Waals surface area (Å²) in [6, 6.07) is 14.6. The lowest BCUT2D eigenvalue weighted by molar-refractivity contribution is -0.145. The van der Waals surface area contributed by atoms with E-state index in [1.807, 2.05) is 24.3 Å². The van der Waals surface area contributed by atoms with Gasteiger partial charge in [-0.05, 0) is 39.0 Å². The Morgan fingerprint density at radius 3 is 2.30 bits per heavy atom. The average molecular weight is 409 g/mol. The van der Waals surface area contributed by atoms with E-state index in [2.05, 4.69) is 18.7 Å². The first-order valence-electron chi connectivity index (χ1n) is 10.2. The zero-order chi connectivity index (χ0) is 21.7. The summed E-state index contributed by atoms with van der Waals surface area (Å²) in [6.45, 7) is 7.67. The SMILES string of the molecule is CCN(CC)c1ccccc1COC(=O)Cn1c(=O)n(CC)c(=O)c2ccccc21. The highest BCUT2D eigenvalue weighted by Gasteiger charge is 2.16. The van der Waals surface area contributed by atoms with Crippen molar-refractivity contribution in [1.82, 2.24) is 9.13 Å². The topological polar surface area (TPSA) is 73.5 Å². The first-order chi connectivity index (χ1) is 14.5. The van der Waals surface area contributed by atoms with Crippen LogP contribution in [0.25, 0.3) is 10.9 Å². The molecule has 2 aromatic carbocycles. The second-order valence-electron chi connectivity index (χ2n) is 6.90. The molecule has 0 N–H and O–H groups in total. The van der Waals surface area contributed by atoms with E-state index >= 15 is 0 Å². The van der Waals surface area contributed by atoms with Gasteiger partial charge < -0.3 is 9.64 Å². The van der Waals surface area contributed by atoms with E-state index in [9.17, 15) is 14.4 Å². The van der Waals surface area contributed by atoms with Crippen molar-refractivity contribution in [3.8, 4) is 0 Å². The van der Waals surface area contributed by atoms with Gasteiger partial charge in [0.05, 0.1) is 10.9 Å². The molecule has 1 aromatic heterocycles. The average Bonchev–Trinajstić information content (AvgIpc) is 2.77. The molecular weight excluding hydrogens is 382 g/mol. The minimum Gasteiger partial charge on any atom is -0.459 e. The molecular formula is C23H27N3O4. The number of benzene rings is 2. The third-order valence-corrected chi connectivity index (χ3v) is 5.22. The Labute approximate surface area is 175 Å². The van der Waals surface area contributed by atoms with Crippen LogP contribution in [0.15, 0.2) is 58.1 Å². The van der Waals surface area contributed by atoms with Gasteiger partial charge in [-0.1, -0.05) is 30.3 Å². The first kappa shape index (κ1) is 21.4. The molecule has 7 heteroatoms. The number of ether oxygens (including phenoxy) is 1. The van der Waals surface area contributed by atoms with Gasteiger partial charge in [-0.3, -0.25) is 18.7 Å². The van der Waals surface area contributed by atoms with Gasteiger partial charge in [-0.15, -0.1) is 0 Å². The molecule has 0 fully saturated rings. The standard InChI is InChI=1S/C23H27N3O4/c1-4-24(5-2)19-13-9-7-11-17(19)16-30-21(27)15-26-20-14-10-8-12-18(20)22(28)25(6-3)23(26)29/h7-14H,4-6,15-16H2,1-3H3. The highest BCUT2D eigenvalue weighted by atomic mass is 16.5. The van der Waals surface area contributed by atoms with Crippen LogP contribution in [0.1, 0.15) is 26.3 Å². The van der Waals surface area contributed by atoms with Crippen LogP contribution >= 0.6 is 0 Å². The molecule has 7 nitrogen and oxygen atoms in total. The van der Waals surface area contributed by atoms with Crippen LogP contribution in [0.3, 0.4) is 0 Å². The van der Waals surface area contributed by atoms with Gasteiger partial charge in [0.25, 0.3) is 5.56 Å². The van der Waals surface area contributed by atoms with Crippen molar-refractivity contribution >= 4 is 22.6 Å². The summed E-state index contributed by atoms with van der Waals surface area (Å²) in [5.41, 5.74) is 1.50. The summed E-state index contributed by atoms with van der Waals surface area (Å²) in [4.78, 5) is 40.1. The largest absolute Gasteiger partial charge is 0.459 e. The molecule has 0 aliphatic rings. The van der Waals surface area contributed by atoms with Crippen LogP contribution < -0.4 is 16.1 Å². The van der Waals surface area contributed by atoms with Crippen molar-refractivity contribution in [2.24, 2.45) is 0 Å². The number of anilines is 1. The smallest absolute Gasteiger partial charge is 0.332 e. The normalized spacial score (nSPS) is 10.9. The van der Waals surface area contributed by atoms with Gasteiger partial charge in [-0.2, -0.15) is 0 Å². The summed E-state index contributed by atoms with van der Waals surface area (Å²) in [5, 5.41) is 0.402. The minimum atomic E-state index is -0.530. The lowest BCUT2D eigenvalue weighted by atomic mass is 10.1. The predicted octanol–water partition coefficient (Wildman–Crippen LogP) is 2.77. The molecule has 0 unspecified atom stereocenters. The number of carbonyl (C=O) groups excluding carboxylic acids is 1. The van der Waals surface area contributed by atoms with Crippen LogP contribution in [0.5, 0.6) is 0 Å². The summed E-state index contributed by atoms with van der Waals surface area (Å²) < 4.78 is 7.94. The summed E-state index contributed by atoms with van der Waals surface area (Å²) in [5.74, 6) is -0.530. The molecule has 0 aliphatic carbocycles. The molecule has 0 amide bonds. The molecule has 0 bridgehead atoms. The maximum absolute atomic E-state index is 12.8. The molecule has 3 rings (SSSR count). The Morgan fingerprint density at radius 1 is 0.933 bits per heavy atom. The fourth-order valence-electron chi connectivity index (χ4n) is 3.64. The Kier molecular flexibility index (Phi) is 6.72. The number of fused-ring (bicyclic) bond motifs is 1. The van der Waals surface area contributed by atoms with Crippen LogP contribution in [0.4, 0.5) is 5.69 Å². The Hall–Kier alpha value is -3.35. The van der Waals surface area contributed by atoms with Gasteiger partial charge in [-0.25, -0.2) is 4.79 Å². The number of hydrogen-bond acceptors (Lipinski definition) is 5. The highest BCUT2D eigenvalue weighted by Crippen LogP contribution is 2.21. The molecule has 0 radical (unpaired) electrons. The fraction of sp³-hybridized carbons (Fsp3) is 0.348. The molecule has 1 heterocycles. The molecule has 30 heavy (non-hydrogen) atoms. The van der Waals surface area contributed by atoms with E-state index in [0.29, 0.717) is 10.9 Å². The summed E-state index contributed by atoms with van der Waals surface area (Å²) in [6.07, 6.45) is 0. The number of hydrogen-bond donors (Lipinski definition) is 0. The predicted molar refractivity (Wildman–Crippen MR) is 118 cm³/mol. The quantitative estimate of drug-likeness (QED) is 0.535. The fourth-order valence-corrected chi connectivity index (χ4v) is 3.64. The number of rotatable bonds is 8. The Balaban J connectivity index is 1.86. The number of esters is 1. The van der Waals surface area contributed by atoms with Crippen molar-refractivity contribution in [3.05, 3.63) is 74.9 Å². The van der Waals surface area contributed by atoms with E-state index in [4.69, 9.17) is 4.74 Å². The maximum Gasteiger partial charge on any atom is 0.332 e. The second kappa shape index (κ2) is 9.43. The van der Waals surface area contributed by atoms with Crippen molar-refractivity contribution in [2.75, 3.05) is 18.0 Å². The van der Waals surface area contributed by atoms with Crippen molar-refractivity contribution in [2.45, 2.75) is 40.5 Å². The van der Waals surface area contributed by atoms with Crippen LogP contribution in [-0.2, 0) is 29.2 Å². The molecule has 0 spiro atoms. The van der Waals surface area contributed by atoms with Gasteiger partial charge >= 0.3 is 11.7 Å². The molecule has 0 aliphatic heterocycles. The Morgan fingerprint density at radius 2 is 1.60 bits per heavy atom.